The smallest absolute Gasteiger partial charge is 0.220 e. The van der Waals surface area contributed by atoms with Gasteiger partial charge in [-0.2, -0.15) is 9.97 Å². The lowest BCUT2D eigenvalue weighted by Gasteiger charge is -2.08. The zero-order valence-electron chi connectivity index (χ0n) is 8.31. The average Bonchev–Trinajstić information content (AvgIpc) is 2.25. The molecule has 0 spiro atoms. The summed E-state index contributed by atoms with van der Waals surface area (Å²) < 4.78 is 9.76. The summed E-state index contributed by atoms with van der Waals surface area (Å²) in [6.07, 6.45) is -1.39. The van der Waals surface area contributed by atoms with Crippen LogP contribution in [0, 0.1) is 0 Å². The van der Waals surface area contributed by atoms with E-state index in [9.17, 15) is 9.90 Å². The predicted octanol–water partition coefficient (Wildman–Crippen LogP) is -1.07. The second-order valence-electron chi connectivity index (χ2n) is 2.51. The molecule has 1 aromatic heterocycles. The number of methoxy groups -OCH3 is 2. The van der Waals surface area contributed by atoms with Crippen LogP contribution in [-0.2, 0) is 6.54 Å². The number of hydrogen-bond donors (Lipinski definition) is 1. The number of rotatable bonds is 4. The van der Waals surface area contributed by atoms with E-state index in [1.807, 2.05) is 5.32 Å². The van der Waals surface area contributed by atoms with Gasteiger partial charge >= 0.3 is 0 Å². The predicted molar refractivity (Wildman–Crippen MR) is 47.4 cm³/mol. The number of carboxylic acid groups (broad SMARTS) is 1. The van der Waals surface area contributed by atoms with E-state index < -0.39 is 6.09 Å². The molecule has 1 heterocycles. The maximum atomic E-state index is 10.1. The van der Waals surface area contributed by atoms with Crippen molar-refractivity contribution in [3.05, 3.63) is 11.9 Å². The summed E-state index contributed by atoms with van der Waals surface area (Å²) in [5.74, 6) is 0.851. The second-order valence-corrected chi connectivity index (χ2v) is 2.51. The van der Waals surface area contributed by atoms with Crippen LogP contribution >= 0.6 is 0 Å². The van der Waals surface area contributed by atoms with Gasteiger partial charge in [0.15, 0.2) is 5.82 Å². The molecule has 0 fully saturated rings. The fraction of sp³-hybridized carbons (Fsp3) is 0.375. The number of carbonyl (C=O) groups is 1. The van der Waals surface area contributed by atoms with Crippen molar-refractivity contribution in [2.24, 2.45) is 0 Å². The van der Waals surface area contributed by atoms with Crippen molar-refractivity contribution in [1.29, 1.82) is 0 Å². The Labute approximate surface area is 86.1 Å². The molecule has 1 aromatic rings. The minimum Gasteiger partial charge on any atom is -0.530 e. The van der Waals surface area contributed by atoms with Gasteiger partial charge < -0.3 is 24.7 Å². The van der Waals surface area contributed by atoms with Gasteiger partial charge in [-0.3, -0.25) is 0 Å². The Kier molecular flexibility index (Phi) is 3.67. The van der Waals surface area contributed by atoms with Crippen molar-refractivity contribution in [3.8, 4) is 11.8 Å². The topological polar surface area (TPSA) is 96.4 Å². The molecule has 1 amide bonds. The molecular weight excluding hydrogens is 202 g/mol. The molecule has 0 aliphatic heterocycles. The lowest BCUT2D eigenvalue weighted by Crippen LogP contribution is -2.36. The first-order valence-corrected chi connectivity index (χ1v) is 4.06. The highest BCUT2D eigenvalue weighted by atomic mass is 16.5. The van der Waals surface area contributed by atoms with Gasteiger partial charge in [0.2, 0.25) is 11.8 Å². The van der Waals surface area contributed by atoms with Gasteiger partial charge in [-0.15, -0.1) is 0 Å². The van der Waals surface area contributed by atoms with Crippen molar-refractivity contribution < 1.29 is 19.4 Å². The molecule has 15 heavy (non-hydrogen) atoms. The van der Waals surface area contributed by atoms with Gasteiger partial charge in [-0.25, -0.2) is 0 Å². The normalized spacial score (nSPS) is 9.47. The third-order valence-electron chi connectivity index (χ3n) is 1.53. The molecule has 0 radical (unpaired) electrons. The summed E-state index contributed by atoms with van der Waals surface area (Å²) in [4.78, 5) is 18.0. The van der Waals surface area contributed by atoms with E-state index in [1.54, 1.807) is 0 Å². The molecule has 0 atom stereocenters. The molecule has 0 bridgehead atoms. The summed E-state index contributed by atoms with van der Waals surface area (Å²) in [6.45, 7) is -0.0596. The van der Waals surface area contributed by atoms with Crippen LogP contribution in [0.1, 0.15) is 5.82 Å². The molecule has 0 saturated heterocycles. The second kappa shape index (κ2) is 4.99. The molecule has 7 nitrogen and oxygen atoms in total. The van der Waals surface area contributed by atoms with Crippen LogP contribution in [0.4, 0.5) is 4.79 Å². The SMILES string of the molecule is COc1cc(OC)nc(CNC(=O)[O-])n1. The van der Waals surface area contributed by atoms with Crippen LogP contribution < -0.4 is 19.9 Å². The van der Waals surface area contributed by atoms with Crippen LogP contribution in [0.25, 0.3) is 0 Å². The first-order chi connectivity index (χ1) is 7.15. The minimum atomic E-state index is -1.39. The molecule has 82 valence electrons. The Bertz CT molecular complexity index is 333. The maximum Gasteiger partial charge on any atom is 0.220 e. The first kappa shape index (κ1) is 11.0. The average molecular weight is 212 g/mol. The molecule has 1 N–H and O–H groups in total. The van der Waals surface area contributed by atoms with E-state index >= 15 is 0 Å². The Morgan fingerprint density at radius 1 is 1.40 bits per heavy atom. The minimum absolute atomic E-state index is 0.0596. The van der Waals surface area contributed by atoms with Gasteiger partial charge in [0.05, 0.1) is 26.8 Å². The van der Waals surface area contributed by atoms with E-state index in [0.717, 1.165) is 0 Å². The van der Waals surface area contributed by atoms with E-state index in [1.165, 1.54) is 20.3 Å². The van der Waals surface area contributed by atoms with Crippen molar-refractivity contribution in [3.63, 3.8) is 0 Å². The van der Waals surface area contributed by atoms with E-state index in [-0.39, 0.29) is 12.4 Å². The lowest BCUT2D eigenvalue weighted by molar-refractivity contribution is -0.251. The van der Waals surface area contributed by atoms with E-state index in [2.05, 4.69) is 9.97 Å². The quantitative estimate of drug-likeness (QED) is 0.682. The summed E-state index contributed by atoms with van der Waals surface area (Å²) in [5, 5.41) is 12.2. The molecule has 0 aliphatic rings. The van der Waals surface area contributed by atoms with Crippen LogP contribution in [0.2, 0.25) is 0 Å². The Balaban J connectivity index is 2.81. The number of hydrogen-bond acceptors (Lipinski definition) is 6. The Morgan fingerprint density at radius 2 is 1.93 bits per heavy atom. The standard InChI is InChI=1S/C8H11N3O4/c1-14-6-3-7(15-2)11-5(10-6)4-9-8(12)13/h3,9H,4H2,1-2H3,(H,12,13)/p-1. The molecule has 1 rings (SSSR count). The largest absolute Gasteiger partial charge is 0.530 e. The molecule has 7 heteroatoms. The zero-order chi connectivity index (χ0) is 11.3. The van der Waals surface area contributed by atoms with Crippen molar-refractivity contribution in [1.82, 2.24) is 15.3 Å². The van der Waals surface area contributed by atoms with Crippen LogP contribution in [-0.4, -0.2) is 30.3 Å². The third kappa shape index (κ3) is 3.29. The Hall–Kier alpha value is -2.05. The number of carbonyl (C=O) groups excluding carboxylic acids is 1. The third-order valence-corrected chi connectivity index (χ3v) is 1.53. The summed E-state index contributed by atoms with van der Waals surface area (Å²) in [5.41, 5.74) is 0. The number of aromatic nitrogens is 2. The molecule has 0 aromatic carbocycles. The van der Waals surface area contributed by atoms with E-state index in [4.69, 9.17) is 9.47 Å². The van der Waals surface area contributed by atoms with Crippen LogP contribution in [0.15, 0.2) is 6.07 Å². The summed E-state index contributed by atoms with van der Waals surface area (Å²) >= 11 is 0. The number of amides is 1. The Morgan fingerprint density at radius 3 is 2.33 bits per heavy atom. The first-order valence-electron chi connectivity index (χ1n) is 4.06. The number of nitrogens with zero attached hydrogens (tertiary/aromatic N) is 2. The van der Waals surface area contributed by atoms with Crippen LogP contribution in [0.3, 0.4) is 0 Å². The molecular formula is C8H10N3O4-. The fourth-order valence-corrected chi connectivity index (χ4v) is 0.889. The number of ether oxygens (including phenoxy) is 2. The van der Waals surface area contributed by atoms with Crippen molar-refractivity contribution in [2.45, 2.75) is 6.54 Å². The van der Waals surface area contributed by atoms with Crippen LogP contribution in [0.5, 0.6) is 11.8 Å². The fourth-order valence-electron chi connectivity index (χ4n) is 0.889. The van der Waals surface area contributed by atoms with Gasteiger partial charge in [-0.1, -0.05) is 0 Å². The van der Waals surface area contributed by atoms with E-state index in [0.29, 0.717) is 11.8 Å². The summed E-state index contributed by atoms with van der Waals surface area (Å²) in [6, 6.07) is 1.49. The van der Waals surface area contributed by atoms with Crippen molar-refractivity contribution >= 4 is 6.09 Å². The van der Waals surface area contributed by atoms with Gasteiger partial charge in [0.1, 0.15) is 6.09 Å². The maximum absolute atomic E-state index is 10.1. The molecule has 0 aliphatic carbocycles. The van der Waals surface area contributed by atoms with Crippen molar-refractivity contribution in [2.75, 3.05) is 14.2 Å². The summed E-state index contributed by atoms with van der Waals surface area (Å²) in [7, 11) is 2.88. The van der Waals surface area contributed by atoms with Gasteiger partial charge in [0, 0.05) is 0 Å². The highest BCUT2D eigenvalue weighted by Crippen LogP contribution is 2.14. The van der Waals surface area contributed by atoms with Gasteiger partial charge in [0.25, 0.3) is 0 Å². The molecule has 0 unspecified atom stereocenters. The highest BCUT2D eigenvalue weighted by molar-refractivity contribution is 5.61. The lowest BCUT2D eigenvalue weighted by atomic mass is 10.5. The molecule has 0 saturated carbocycles. The van der Waals surface area contributed by atoms with Gasteiger partial charge in [-0.05, 0) is 0 Å². The zero-order valence-corrected chi connectivity index (χ0v) is 8.31. The number of nitrogens with one attached hydrogen (secondary N) is 1. The monoisotopic (exact) mass is 212 g/mol. The highest BCUT2D eigenvalue weighted by Gasteiger charge is 2.04.